The summed E-state index contributed by atoms with van der Waals surface area (Å²) < 4.78 is 0. The molecule has 112 valence electrons. The highest BCUT2D eigenvalue weighted by molar-refractivity contribution is 5.81. The minimum atomic E-state index is -1.01. The van der Waals surface area contributed by atoms with Crippen LogP contribution in [0.5, 0.6) is 0 Å². The van der Waals surface area contributed by atoms with Gasteiger partial charge in [0.1, 0.15) is 0 Å². The number of hydrogen-bond acceptors (Lipinski definition) is 3. The molecule has 4 aliphatic rings. The number of carbonyl (C=O) groups is 1. The molecule has 2 saturated carbocycles. The predicted molar refractivity (Wildman–Crippen MR) is 73.8 cm³/mol. The van der Waals surface area contributed by atoms with Crippen LogP contribution in [0.4, 0.5) is 0 Å². The molecule has 0 radical (unpaired) electrons. The molecule has 2 heterocycles. The van der Waals surface area contributed by atoms with E-state index < -0.39 is 11.7 Å². The van der Waals surface area contributed by atoms with Crippen molar-refractivity contribution in [3.8, 4) is 0 Å². The van der Waals surface area contributed by atoms with E-state index >= 15 is 0 Å². The molecule has 2 bridgehead atoms. The van der Waals surface area contributed by atoms with E-state index in [1.54, 1.807) is 0 Å². The fourth-order valence-electron chi connectivity index (χ4n) is 5.98. The summed E-state index contributed by atoms with van der Waals surface area (Å²) in [6.07, 6.45) is 3.96. The summed E-state index contributed by atoms with van der Waals surface area (Å²) in [6, 6.07) is 0.132. The molecule has 7 atom stereocenters. The highest BCUT2D eigenvalue weighted by atomic mass is 16.3. The van der Waals surface area contributed by atoms with Crippen molar-refractivity contribution in [3.63, 3.8) is 0 Å². The van der Waals surface area contributed by atoms with Gasteiger partial charge in [0, 0.05) is 29.8 Å². The molecule has 2 aliphatic heterocycles. The summed E-state index contributed by atoms with van der Waals surface area (Å²) >= 11 is 0. The molecule has 2 aliphatic carbocycles. The van der Waals surface area contributed by atoms with Crippen molar-refractivity contribution in [1.29, 1.82) is 0 Å². The third kappa shape index (κ3) is 1.20. The molecule has 4 fully saturated rings. The van der Waals surface area contributed by atoms with E-state index in [2.05, 4.69) is 6.92 Å². The van der Waals surface area contributed by atoms with Crippen LogP contribution >= 0.6 is 0 Å². The molecule has 2 saturated heterocycles. The van der Waals surface area contributed by atoms with Crippen molar-refractivity contribution in [1.82, 2.24) is 4.90 Å². The van der Waals surface area contributed by atoms with Gasteiger partial charge in [-0.2, -0.15) is 0 Å². The second kappa shape index (κ2) is 3.77. The molecule has 0 unspecified atom stereocenters. The highest BCUT2D eigenvalue weighted by Gasteiger charge is 2.71. The van der Waals surface area contributed by atoms with Crippen molar-refractivity contribution in [2.45, 2.75) is 63.7 Å². The van der Waals surface area contributed by atoms with Gasteiger partial charge >= 0.3 is 0 Å². The van der Waals surface area contributed by atoms with Crippen molar-refractivity contribution in [2.75, 3.05) is 6.54 Å². The van der Waals surface area contributed by atoms with E-state index in [0.717, 1.165) is 32.2 Å². The largest absolute Gasteiger partial charge is 0.390 e. The lowest BCUT2D eigenvalue weighted by molar-refractivity contribution is -0.235. The van der Waals surface area contributed by atoms with Crippen molar-refractivity contribution >= 4 is 5.91 Å². The second-order valence-electron chi connectivity index (χ2n) is 7.79. The zero-order valence-electron chi connectivity index (χ0n) is 12.4. The smallest absolute Gasteiger partial charge is 0.226 e. The van der Waals surface area contributed by atoms with Gasteiger partial charge in [0.15, 0.2) is 0 Å². The van der Waals surface area contributed by atoms with E-state index in [-0.39, 0.29) is 29.2 Å². The third-order valence-electron chi connectivity index (χ3n) is 7.33. The van der Waals surface area contributed by atoms with Crippen molar-refractivity contribution < 1.29 is 15.0 Å². The van der Waals surface area contributed by atoms with Crippen molar-refractivity contribution in [2.24, 2.45) is 23.2 Å². The molecular formula is C16H25NO3. The minimum absolute atomic E-state index is 0.0707. The van der Waals surface area contributed by atoms with Crippen LogP contribution in [0, 0.1) is 23.2 Å². The molecule has 0 aromatic carbocycles. The first-order valence-electron chi connectivity index (χ1n) is 8.12. The lowest BCUT2D eigenvalue weighted by Gasteiger charge is -2.60. The fraction of sp³-hybridized carbons (Fsp3) is 0.938. The maximum atomic E-state index is 12.6. The Labute approximate surface area is 120 Å². The number of aliphatic hydroxyl groups is 2. The third-order valence-corrected chi connectivity index (χ3v) is 7.33. The molecule has 20 heavy (non-hydrogen) atoms. The van der Waals surface area contributed by atoms with Gasteiger partial charge < -0.3 is 15.1 Å². The molecule has 0 spiro atoms. The van der Waals surface area contributed by atoms with Gasteiger partial charge in [-0.25, -0.2) is 0 Å². The Kier molecular flexibility index (Phi) is 2.47. The number of hydrogen-bond donors (Lipinski definition) is 2. The van der Waals surface area contributed by atoms with Gasteiger partial charge in [0.05, 0.1) is 11.7 Å². The van der Waals surface area contributed by atoms with Gasteiger partial charge in [0.2, 0.25) is 5.91 Å². The van der Waals surface area contributed by atoms with E-state index in [4.69, 9.17) is 0 Å². The topological polar surface area (TPSA) is 60.8 Å². The summed E-state index contributed by atoms with van der Waals surface area (Å²) in [5.74, 6) is 0.306. The van der Waals surface area contributed by atoms with E-state index in [9.17, 15) is 15.0 Å². The first kappa shape index (κ1) is 13.1. The van der Waals surface area contributed by atoms with Crippen LogP contribution in [-0.2, 0) is 4.79 Å². The van der Waals surface area contributed by atoms with Gasteiger partial charge in [-0.15, -0.1) is 0 Å². The number of carbonyl (C=O) groups excluding carboxylic acids is 1. The SMILES string of the molecule is C[C@H]1C(=O)N2C[C@@H]3CCCC[C@]4(O)[C@@H](O)[C@H]1C[C@H]2[C@]34C. The molecule has 4 heteroatoms. The number of fused-ring (bicyclic) bond motifs is 1. The Morgan fingerprint density at radius 2 is 2.10 bits per heavy atom. The number of aliphatic hydroxyl groups excluding tert-OH is 1. The first-order valence-corrected chi connectivity index (χ1v) is 8.12. The maximum absolute atomic E-state index is 12.6. The molecular weight excluding hydrogens is 254 g/mol. The second-order valence-corrected chi connectivity index (χ2v) is 7.79. The van der Waals surface area contributed by atoms with Crippen LogP contribution in [0.3, 0.4) is 0 Å². The van der Waals surface area contributed by atoms with Gasteiger partial charge in [-0.3, -0.25) is 4.79 Å². The zero-order valence-corrected chi connectivity index (χ0v) is 12.4. The average molecular weight is 279 g/mol. The number of nitrogens with zero attached hydrogens (tertiary/aromatic N) is 1. The average Bonchev–Trinajstić information content (AvgIpc) is 2.65. The highest BCUT2D eigenvalue weighted by Crippen LogP contribution is 2.63. The summed E-state index contributed by atoms with van der Waals surface area (Å²) in [5.41, 5.74) is -1.33. The van der Waals surface area contributed by atoms with Gasteiger partial charge in [0.25, 0.3) is 0 Å². The van der Waals surface area contributed by atoms with E-state index in [0.29, 0.717) is 12.3 Å². The Balaban J connectivity index is 1.90. The Morgan fingerprint density at radius 3 is 2.85 bits per heavy atom. The molecule has 1 amide bonds. The Morgan fingerprint density at radius 1 is 1.35 bits per heavy atom. The van der Waals surface area contributed by atoms with E-state index in [1.165, 1.54) is 0 Å². The van der Waals surface area contributed by atoms with Crippen LogP contribution in [0.25, 0.3) is 0 Å². The van der Waals surface area contributed by atoms with Crippen LogP contribution < -0.4 is 0 Å². The lowest BCUT2D eigenvalue weighted by Crippen LogP contribution is -2.71. The van der Waals surface area contributed by atoms with E-state index in [1.807, 2.05) is 11.8 Å². The number of piperidine rings is 1. The fourth-order valence-corrected chi connectivity index (χ4v) is 5.98. The Hall–Kier alpha value is -0.610. The predicted octanol–water partition coefficient (Wildman–Crippen LogP) is 1.16. The van der Waals surface area contributed by atoms with Crippen LogP contribution in [0.15, 0.2) is 0 Å². The lowest BCUT2D eigenvalue weighted by atomic mass is 9.51. The maximum Gasteiger partial charge on any atom is 0.226 e. The molecule has 0 aromatic rings. The summed E-state index contributed by atoms with van der Waals surface area (Å²) in [6.45, 7) is 4.84. The summed E-state index contributed by atoms with van der Waals surface area (Å²) in [5, 5.41) is 22.3. The monoisotopic (exact) mass is 279 g/mol. The Bertz CT molecular complexity index is 467. The molecule has 0 aromatic heterocycles. The zero-order chi connectivity index (χ0) is 14.3. The van der Waals surface area contributed by atoms with Crippen LogP contribution in [-0.4, -0.2) is 45.3 Å². The van der Waals surface area contributed by atoms with Gasteiger partial charge in [-0.05, 0) is 25.2 Å². The first-order chi connectivity index (χ1) is 9.41. The van der Waals surface area contributed by atoms with Crippen LogP contribution in [0.1, 0.15) is 46.0 Å². The summed E-state index contributed by atoms with van der Waals surface area (Å²) in [4.78, 5) is 14.6. The summed E-state index contributed by atoms with van der Waals surface area (Å²) in [7, 11) is 0. The van der Waals surface area contributed by atoms with Gasteiger partial charge in [-0.1, -0.05) is 26.7 Å². The molecule has 4 nitrogen and oxygen atoms in total. The number of rotatable bonds is 0. The molecule has 2 N–H and O–H groups in total. The molecule has 4 rings (SSSR count). The standard InChI is InChI=1S/C16H25NO3/c1-9-11-7-12-15(2)10(8-17(12)14(9)19)5-3-4-6-16(15,20)13(11)18/h9-13,18,20H,3-8H2,1-2H3/t9-,10+,11+,12+,13+,15+,16+/m1/s1. The quantitative estimate of drug-likeness (QED) is 0.699. The van der Waals surface area contributed by atoms with Crippen molar-refractivity contribution in [3.05, 3.63) is 0 Å². The number of amides is 1. The minimum Gasteiger partial charge on any atom is -0.390 e. The normalized spacial score (nSPS) is 57.7. The van der Waals surface area contributed by atoms with Crippen LogP contribution in [0.2, 0.25) is 0 Å².